The van der Waals surface area contributed by atoms with Gasteiger partial charge in [0.2, 0.25) is 17.5 Å². The molecule has 0 spiro atoms. The number of aliphatic hydroxyl groups is 1. The highest BCUT2D eigenvalue weighted by Crippen LogP contribution is 2.16. The molecule has 1 amide bonds. The minimum absolute atomic E-state index is 0.0229. The van der Waals surface area contributed by atoms with E-state index in [9.17, 15) is 4.79 Å². The van der Waals surface area contributed by atoms with Gasteiger partial charge in [-0.25, -0.2) is 4.63 Å². The first-order valence-corrected chi connectivity index (χ1v) is 5.12. The molecule has 0 bridgehead atoms. The van der Waals surface area contributed by atoms with Crippen LogP contribution in [0.15, 0.2) is 4.63 Å². The molecule has 2 heterocycles. The summed E-state index contributed by atoms with van der Waals surface area (Å²) in [4.78, 5) is 19.0. The second kappa shape index (κ2) is 5.23. The molecule has 0 aromatic carbocycles. The molecule has 0 fully saturated rings. The first-order valence-electron chi connectivity index (χ1n) is 5.12. The van der Waals surface area contributed by atoms with E-state index in [0.29, 0.717) is 6.42 Å². The Kier molecular flexibility index (Phi) is 3.48. The molecule has 0 saturated heterocycles. The number of aliphatic hydroxyl groups excluding tert-OH is 1. The molecule has 2 aromatic heterocycles. The summed E-state index contributed by atoms with van der Waals surface area (Å²) in [6.07, 6.45) is 0.560. The molecular weight excluding hydrogens is 242 g/mol. The van der Waals surface area contributed by atoms with Crippen molar-refractivity contribution in [1.29, 1.82) is 0 Å². The van der Waals surface area contributed by atoms with E-state index in [0.717, 1.165) is 0 Å². The molecule has 0 aliphatic rings. The maximum absolute atomic E-state index is 11.3. The van der Waals surface area contributed by atoms with Crippen LogP contribution in [-0.2, 0) is 4.79 Å². The Morgan fingerprint density at radius 3 is 3.00 bits per heavy atom. The zero-order valence-corrected chi connectivity index (χ0v) is 9.25. The summed E-state index contributed by atoms with van der Waals surface area (Å²) in [5, 5.41) is 15.7. The molecule has 2 aromatic rings. The smallest absolute Gasteiger partial charge is 0.238 e. The number of nitrogen functional groups attached to an aromatic ring is 1. The van der Waals surface area contributed by atoms with Crippen molar-refractivity contribution in [3.05, 3.63) is 0 Å². The van der Waals surface area contributed by atoms with Crippen LogP contribution in [0.25, 0.3) is 11.2 Å². The number of carbonyl (C=O) groups excluding carboxylic acids is 1. The molecule has 0 aliphatic carbocycles. The fraction of sp³-hybridized carbons (Fsp3) is 0.375. The van der Waals surface area contributed by atoms with Crippen LogP contribution in [-0.4, -0.2) is 37.9 Å². The maximum Gasteiger partial charge on any atom is 0.238 e. The molecule has 5 N–H and O–H groups in total. The van der Waals surface area contributed by atoms with Gasteiger partial charge in [-0.2, -0.15) is 9.97 Å². The number of nitrogens with two attached hydrogens (primary N) is 1. The van der Waals surface area contributed by atoms with Crippen LogP contribution in [0, 0.1) is 0 Å². The summed E-state index contributed by atoms with van der Waals surface area (Å²) in [5.41, 5.74) is 10.8. The van der Waals surface area contributed by atoms with E-state index in [2.05, 4.69) is 35.8 Å². The van der Waals surface area contributed by atoms with E-state index in [1.54, 1.807) is 0 Å². The number of hydrazine groups is 1. The minimum atomic E-state index is -0.300. The van der Waals surface area contributed by atoms with Gasteiger partial charge in [0.05, 0.1) is 0 Å². The number of aromatic nitrogens is 4. The van der Waals surface area contributed by atoms with Crippen molar-refractivity contribution < 1.29 is 14.5 Å². The van der Waals surface area contributed by atoms with E-state index in [-0.39, 0.29) is 41.9 Å². The van der Waals surface area contributed by atoms with E-state index in [1.165, 1.54) is 0 Å². The van der Waals surface area contributed by atoms with Crippen LogP contribution in [0.1, 0.15) is 12.8 Å². The van der Waals surface area contributed by atoms with E-state index < -0.39 is 0 Å². The van der Waals surface area contributed by atoms with E-state index >= 15 is 0 Å². The molecule has 18 heavy (non-hydrogen) atoms. The number of fused-ring (bicyclic) bond motifs is 1. The average Bonchev–Trinajstić information content (AvgIpc) is 2.81. The molecule has 96 valence electrons. The second-order valence-corrected chi connectivity index (χ2v) is 3.37. The molecule has 2 rings (SSSR count). The average molecular weight is 253 g/mol. The molecule has 0 saturated carbocycles. The van der Waals surface area contributed by atoms with Crippen molar-refractivity contribution in [2.75, 3.05) is 17.8 Å². The third kappa shape index (κ3) is 2.60. The van der Waals surface area contributed by atoms with Crippen molar-refractivity contribution in [1.82, 2.24) is 25.7 Å². The standard InChI is InChI=1S/C8H11N7O3/c9-8-10-6(5-7(11-8)15-18-14-5)13-12-4(17)2-1-3-16/h16H,1-3H2,(H,12,17)(H3,9,10,11,13,15). The van der Waals surface area contributed by atoms with Crippen molar-refractivity contribution in [3.8, 4) is 0 Å². The Labute approximate surface area is 101 Å². The van der Waals surface area contributed by atoms with Crippen LogP contribution in [0.4, 0.5) is 11.8 Å². The number of nitrogens with zero attached hydrogens (tertiary/aromatic N) is 4. The molecule has 0 unspecified atom stereocenters. The summed E-state index contributed by atoms with van der Waals surface area (Å²) >= 11 is 0. The van der Waals surface area contributed by atoms with E-state index in [4.69, 9.17) is 10.8 Å². The van der Waals surface area contributed by atoms with Gasteiger partial charge in [-0.1, -0.05) is 0 Å². The van der Waals surface area contributed by atoms with Gasteiger partial charge in [0.1, 0.15) is 0 Å². The van der Waals surface area contributed by atoms with Gasteiger partial charge in [0.25, 0.3) is 0 Å². The Bertz CT molecular complexity index is 555. The number of anilines is 2. The third-order valence-corrected chi connectivity index (χ3v) is 2.02. The highest BCUT2D eigenvalue weighted by Gasteiger charge is 2.12. The Balaban J connectivity index is 2.07. The second-order valence-electron chi connectivity index (χ2n) is 3.37. The lowest BCUT2D eigenvalue weighted by Crippen LogP contribution is -2.30. The molecular formula is C8H11N7O3. The molecule has 10 nitrogen and oxygen atoms in total. The minimum Gasteiger partial charge on any atom is -0.396 e. The van der Waals surface area contributed by atoms with Crippen molar-refractivity contribution in [2.24, 2.45) is 0 Å². The van der Waals surface area contributed by atoms with Crippen LogP contribution >= 0.6 is 0 Å². The third-order valence-electron chi connectivity index (χ3n) is 2.02. The Morgan fingerprint density at radius 1 is 1.39 bits per heavy atom. The maximum atomic E-state index is 11.3. The van der Waals surface area contributed by atoms with Gasteiger partial charge in [-0.05, 0) is 16.7 Å². The highest BCUT2D eigenvalue weighted by molar-refractivity contribution is 5.84. The SMILES string of the molecule is Nc1nc(NNC(=O)CCCO)c2nonc2n1. The van der Waals surface area contributed by atoms with Crippen LogP contribution in [0.3, 0.4) is 0 Å². The highest BCUT2D eigenvalue weighted by atomic mass is 16.6. The van der Waals surface area contributed by atoms with Crippen molar-refractivity contribution in [3.63, 3.8) is 0 Å². The quantitative estimate of drug-likeness (QED) is 0.482. The monoisotopic (exact) mass is 253 g/mol. The van der Waals surface area contributed by atoms with E-state index in [1.807, 2.05) is 0 Å². The molecule has 0 radical (unpaired) electrons. The van der Waals surface area contributed by atoms with Gasteiger partial charge >= 0.3 is 0 Å². The predicted molar refractivity (Wildman–Crippen MR) is 59.9 cm³/mol. The van der Waals surface area contributed by atoms with Gasteiger partial charge in [-0.3, -0.25) is 15.6 Å². The van der Waals surface area contributed by atoms with Gasteiger partial charge in [-0.15, -0.1) is 0 Å². The summed E-state index contributed by atoms with van der Waals surface area (Å²) in [5.74, 6) is -0.132. The van der Waals surface area contributed by atoms with Gasteiger partial charge in [0, 0.05) is 13.0 Å². The number of nitrogens with one attached hydrogen (secondary N) is 2. The molecule has 0 aliphatic heterocycles. The lowest BCUT2D eigenvalue weighted by Gasteiger charge is -2.07. The number of carbonyl (C=O) groups is 1. The Morgan fingerprint density at radius 2 is 2.22 bits per heavy atom. The lowest BCUT2D eigenvalue weighted by molar-refractivity contribution is -0.120. The summed E-state index contributed by atoms with van der Waals surface area (Å²) in [7, 11) is 0. The normalized spacial score (nSPS) is 10.5. The van der Waals surface area contributed by atoms with Gasteiger partial charge < -0.3 is 10.8 Å². The van der Waals surface area contributed by atoms with Crippen LogP contribution < -0.4 is 16.6 Å². The van der Waals surface area contributed by atoms with Crippen LogP contribution in [0.2, 0.25) is 0 Å². The number of hydrogen-bond donors (Lipinski definition) is 4. The topological polar surface area (TPSA) is 152 Å². The zero-order chi connectivity index (χ0) is 13.0. The molecule has 10 heteroatoms. The Hall–Kier alpha value is -2.49. The number of hydrogen-bond acceptors (Lipinski definition) is 9. The van der Waals surface area contributed by atoms with Crippen molar-refractivity contribution >= 4 is 28.8 Å². The summed E-state index contributed by atoms with van der Waals surface area (Å²) < 4.78 is 4.49. The molecule has 0 atom stereocenters. The van der Waals surface area contributed by atoms with Gasteiger partial charge in [0.15, 0.2) is 11.3 Å². The summed E-state index contributed by atoms with van der Waals surface area (Å²) in [6, 6.07) is 0. The number of rotatable bonds is 5. The largest absolute Gasteiger partial charge is 0.396 e. The van der Waals surface area contributed by atoms with Crippen LogP contribution in [0.5, 0.6) is 0 Å². The summed E-state index contributed by atoms with van der Waals surface area (Å²) in [6.45, 7) is -0.0503. The first-order chi connectivity index (χ1) is 8.70. The zero-order valence-electron chi connectivity index (χ0n) is 9.25. The lowest BCUT2D eigenvalue weighted by atomic mass is 10.3. The van der Waals surface area contributed by atoms with Crippen molar-refractivity contribution in [2.45, 2.75) is 12.8 Å². The number of amides is 1. The first kappa shape index (κ1) is 12.0. The fourth-order valence-electron chi connectivity index (χ4n) is 1.23. The fourth-order valence-corrected chi connectivity index (χ4v) is 1.23. The predicted octanol–water partition coefficient (Wildman–Crippen LogP) is -1.19.